The second-order valence-electron chi connectivity index (χ2n) is 7.47. The van der Waals surface area contributed by atoms with E-state index >= 15 is 0 Å². The Morgan fingerprint density at radius 3 is 2.59 bits per heavy atom. The molecular formula is C23H28N2O4. The fourth-order valence-corrected chi connectivity index (χ4v) is 3.01. The molecule has 1 fully saturated rings. The molecule has 1 heterocycles. The Hall–Kier alpha value is -2.86. The zero-order valence-electron chi connectivity index (χ0n) is 16.9. The fourth-order valence-electron chi connectivity index (χ4n) is 3.01. The van der Waals surface area contributed by atoms with Crippen molar-refractivity contribution in [2.24, 2.45) is 5.92 Å². The molecule has 1 saturated heterocycles. The van der Waals surface area contributed by atoms with Crippen molar-refractivity contribution < 1.29 is 19.1 Å². The Morgan fingerprint density at radius 2 is 1.90 bits per heavy atom. The smallest absolute Gasteiger partial charge is 0.255 e. The summed E-state index contributed by atoms with van der Waals surface area (Å²) >= 11 is 0. The molecule has 2 aromatic carbocycles. The van der Waals surface area contributed by atoms with Gasteiger partial charge in [0, 0.05) is 24.8 Å². The van der Waals surface area contributed by atoms with Gasteiger partial charge in [0.05, 0.1) is 11.7 Å². The van der Waals surface area contributed by atoms with E-state index < -0.39 is 0 Å². The summed E-state index contributed by atoms with van der Waals surface area (Å²) in [5, 5.41) is 5.78. The van der Waals surface area contributed by atoms with Gasteiger partial charge in [-0.2, -0.15) is 0 Å². The maximum atomic E-state index is 12.6. The van der Waals surface area contributed by atoms with Gasteiger partial charge in [0.25, 0.3) is 5.91 Å². The second-order valence-corrected chi connectivity index (χ2v) is 7.47. The first-order valence-electron chi connectivity index (χ1n) is 10.0. The van der Waals surface area contributed by atoms with Crippen molar-refractivity contribution in [2.45, 2.75) is 39.3 Å². The average molecular weight is 396 g/mol. The van der Waals surface area contributed by atoms with E-state index in [-0.39, 0.29) is 23.8 Å². The number of nitrogens with one attached hydrogen (secondary N) is 2. The summed E-state index contributed by atoms with van der Waals surface area (Å²) in [6.45, 7) is 5.31. The molecule has 1 aliphatic heterocycles. The molecule has 1 aliphatic rings. The predicted octanol–water partition coefficient (Wildman–Crippen LogP) is 3.77. The van der Waals surface area contributed by atoms with Crippen LogP contribution in [0.5, 0.6) is 5.75 Å². The zero-order valence-corrected chi connectivity index (χ0v) is 16.9. The summed E-state index contributed by atoms with van der Waals surface area (Å²) in [6.07, 6.45) is 2.14. The van der Waals surface area contributed by atoms with Crippen LogP contribution in [-0.4, -0.2) is 31.1 Å². The molecule has 0 unspecified atom stereocenters. The Balaban J connectivity index is 1.54. The molecule has 6 heteroatoms. The minimum Gasteiger partial charge on any atom is -0.490 e. The number of rotatable bonds is 8. The molecule has 0 bridgehead atoms. The van der Waals surface area contributed by atoms with Gasteiger partial charge in [-0.3, -0.25) is 9.59 Å². The molecule has 2 amide bonds. The molecule has 3 rings (SSSR count). The minimum atomic E-state index is -0.190. The van der Waals surface area contributed by atoms with E-state index in [1.807, 2.05) is 50.2 Å². The van der Waals surface area contributed by atoms with E-state index in [1.54, 1.807) is 12.1 Å². The van der Waals surface area contributed by atoms with Crippen LogP contribution in [0.4, 0.5) is 5.69 Å². The number of benzene rings is 2. The largest absolute Gasteiger partial charge is 0.490 e. The van der Waals surface area contributed by atoms with Crippen LogP contribution in [0, 0.1) is 5.92 Å². The van der Waals surface area contributed by atoms with Crippen molar-refractivity contribution in [2.75, 3.05) is 18.5 Å². The van der Waals surface area contributed by atoms with Crippen LogP contribution in [0.25, 0.3) is 0 Å². The number of amides is 2. The van der Waals surface area contributed by atoms with Crippen molar-refractivity contribution in [1.82, 2.24) is 5.32 Å². The molecule has 2 N–H and O–H groups in total. The zero-order chi connectivity index (χ0) is 20.6. The van der Waals surface area contributed by atoms with E-state index in [2.05, 4.69) is 10.6 Å². The van der Waals surface area contributed by atoms with Crippen LogP contribution in [0.1, 0.15) is 42.6 Å². The summed E-state index contributed by atoms with van der Waals surface area (Å²) in [7, 11) is 0. The van der Waals surface area contributed by atoms with Gasteiger partial charge in [0.15, 0.2) is 0 Å². The SMILES string of the molecule is CC(C)C(=O)Nc1ccc(CNC(=O)c2ccccc2OC[C@@H]2CCCO2)cc1. The molecule has 1 atom stereocenters. The molecule has 0 saturated carbocycles. The van der Waals surface area contributed by atoms with E-state index in [0.717, 1.165) is 30.7 Å². The lowest BCUT2D eigenvalue weighted by Gasteiger charge is -2.14. The molecule has 29 heavy (non-hydrogen) atoms. The lowest BCUT2D eigenvalue weighted by molar-refractivity contribution is -0.118. The summed E-state index contributed by atoms with van der Waals surface area (Å²) in [5.41, 5.74) is 2.19. The Bertz CT molecular complexity index is 827. The number of carbonyl (C=O) groups excluding carboxylic acids is 2. The monoisotopic (exact) mass is 396 g/mol. The van der Waals surface area contributed by atoms with Crippen molar-refractivity contribution in [3.05, 3.63) is 59.7 Å². The Labute approximate surface area is 171 Å². The highest BCUT2D eigenvalue weighted by Gasteiger charge is 2.18. The maximum absolute atomic E-state index is 12.6. The number of para-hydroxylation sites is 1. The van der Waals surface area contributed by atoms with Crippen LogP contribution in [0.3, 0.4) is 0 Å². The first-order valence-corrected chi connectivity index (χ1v) is 10.0. The second kappa shape index (κ2) is 10.1. The van der Waals surface area contributed by atoms with E-state index in [9.17, 15) is 9.59 Å². The van der Waals surface area contributed by atoms with Crippen molar-refractivity contribution >= 4 is 17.5 Å². The van der Waals surface area contributed by atoms with Gasteiger partial charge in [-0.1, -0.05) is 38.1 Å². The molecule has 0 radical (unpaired) electrons. The van der Waals surface area contributed by atoms with Gasteiger partial charge >= 0.3 is 0 Å². The first kappa shape index (κ1) is 20.9. The van der Waals surface area contributed by atoms with Gasteiger partial charge in [-0.25, -0.2) is 0 Å². The standard InChI is InChI=1S/C23H28N2O4/c1-16(2)22(26)25-18-11-9-17(10-12-18)14-24-23(27)20-7-3-4-8-21(20)29-15-19-6-5-13-28-19/h3-4,7-12,16,19H,5-6,13-15H2,1-2H3,(H,24,27)(H,25,26)/t19-/m0/s1. The minimum absolute atomic E-state index is 0.0225. The highest BCUT2D eigenvalue weighted by Crippen LogP contribution is 2.20. The number of ether oxygens (including phenoxy) is 2. The van der Waals surface area contributed by atoms with Crippen LogP contribution in [-0.2, 0) is 16.1 Å². The predicted molar refractivity (Wildman–Crippen MR) is 112 cm³/mol. The third-order valence-electron chi connectivity index (χ3n) is 4.78. The van der Waals surface area contributed by atoms with Gasteiger partial charge in [0.2, 0.25) is 5.91 Å². The van der Waals surface area contributed by atoms with Crippen LogP contribution in [0.2, 0.25) is 0 Å². The number of hydrogen-bond acceptors (Lipinski definition) is 4. The summed E-state index contributed by atoms with van der Waals surface area (Å²) in [6, 6.07) is 14.7. The summed E-state index contributed by atoms with van der Waals surface area (Å²) in [4.78, 5) is 24.4. The lowest BCUT2D eigenvalue weighted by atomic mass is 10.1. The highest BCUT2D eigenvalue weighted by molar-refractivity contribution is 5.96. The maximum Gasteiger partial charge on any atom is 0.255 e. The lowest BCUT2D eigenvalue weighted by Crippen LogP contribution is -2.24. The molecule has 6 nitrogen and oxygen atoms in total. The van der Waals surface area contributed by atoms with Crippen LogP contribution >= 0.6 is 0 Å². The third-order valence-corrected chi connectivity index (χ3v) is 4.78. The Morgan fingerprint density at radius 1 is 1.14 bits per heavy atom. The summed E-state index contributed by atoms with van der Waals surface area (Å²) in [5.74, 6) is 0.277. The molecular weight excluding hydrogens is 368 g/mol. The normalized spacial score (nSPS) is 15.9. The molecule has 0 spiro atoms. The van der Waals surface area contributed by atoms with Gasteiger partial charge in [0.1, 0.15) is 12.4 Å². The third kappa shape index (κ3) is 6.06. The quantitative estimate of drug-likeness (QED) is 0.712. The van der Waals surface area contributed by atoms with Crippen LogP contribution < -0.4 is 15.4 Å². The van der Waals surface area contributed by atoms with Gasteiger partial charge in [-0.15, -0.1) is 0 Å². The molecule has 2 aromatic rings. The topological polar surface area (TPSA) is 76.7 Å². The summed E-state index contributed by atoms with van der Waals surface area (Å²) < 4.78 is 11.4. The van der Waals surface area contributed by atoms with Gasteiger partial charge < -0.3 is 20.1 Å². The highest BCUT2D eigenvalue weighted by atomic mass is 16.5. The van der Waals surface area contributed by atoms with Crippen molar-refractivity contribution in [3.63, 3.8) is 0 Å². The first-order chi connectivity index (χ1) is 14.0. The van der Waals surface area contributed by atoms with E-state index in [1.165, 1.54) is 0 Å². The van der Waals surface area contributed by atoms with Crippen LogP contribution in [0.15, 0.2) is 48.5 Å². The number of anilines is 1. The van der Waals surface area contributed by atoms with E-state index in [0.29, 0.717) is 24.5 Å². The molecule has 0 aliphatic carbocycles. The fraction of sp³-hybridized carbons (Fsp3) is 0.391. The number of carbonyl (C=O) groups is 2. The Kier molecular flexibility index (Phi) is 7.25. The van der Waals surface area contributed by atoms with E-state index in [4.69, 9.17) is 9.47 Å². The number of hydrogen-bond donors (Lipinski definition) is 2. The average Bonchev–Trinajstić information content (AvgIpc) is 3.25. The van der Waals surface area contributed by atoms with Crippen molar-refractivity contribution in [1.29, 1.82) is 0 Å². The van der Waals surface area contributed by atoms with Gasteiger partial charge in [-0.05, 0) is 42.7 Å². The molecule has 0 aromatic heterocycles. The van der Waals surface area contributed by atoms with Crippen molar-refractivity contribution in [3.8, 4) is 5.75 Å². The molecule has 154 valence electrons.